The summed E-state index contributed by atoms with van der Waals surface area (Å²) in [5.41, 5.74) is 3.63. The number of nitrogens with one attached hydrogen (secondary N) is 2. The summed E-state index contributed by atoms with van der Waals surface area (Å²) in [5.74, 6) is 5.30. The van der Waals surface area contributed by atoms with Gasteiger partial charge in [-0.05, 0) is 29.8 Å². The lowest BCUT2D eigenvalue weighted by atomic mass is 10.2. The van der Waals surface area contributed by atoms with Crippen LogP contribution in [0.4, 0.5) is 5.82 Å². The monoisotopic (exact) mass is 310 g/mol. The van der Waals surface area contributed by atoms with Gasteiger partial charge in [-0.25, -0.2) is 10.8 Å². The Morgan fingerprint density at radius 1 is 1.25 bits per heavy atom. The largest absolute Gasteiger partial charge is 0.348 e. The van der Waals surface area contributed by atoms with Crippen LogP contribution in [0.1, 0.15) is 15.9 Å². The zero-order valence-electron chi connectivity index (χ0n) is 10.4. The Kier molecular flexibility index (Phi) is 4.79. The van der Waals surface area contributed by atoms with E-state index in [4.69, 9.17) is 29.0 Å². The van der Waals surface area contributed by atoms with Crippen LogP contribution in [-0.4, -0.2) is 10.9 Å². The lowest BCUT2D eigenvalue weighted by molar-refractivity contribution is 0.0951. The highest BCUT2D eigenvalue weighted by Crippen LogP contribution is 2.14. The van der Waals surface area contributed by atoms with Gasteiger partial charge in [0.25, 0.3) is 5.91 Å². The van der Waals surface area contributed by atoms with Crippen LogP contribution in [-0.2, 0) is 6.54 Å². The molecule has 1 aromatic carbocycles. The molecular weight excluding hydrogens is 299 g/mol. The fraction of sp³-hybridized carbons (Fsp3) is 0.0769. The predicted molar refractivity (Wildman–Crippen MR) is 79.7 cm³/mol. The van der Waals surface area contributed by atoms with Gasteiger partial charge in [0.05, 0.1) is 0 Å². The average molecular weight is 311 g/mol. The second-order valence-corrected chi connectivity index (χ2v) is 4.84. The van der Waals surface area contributed by atoms with Gasteiger partial charge in [-0.15, -0.1) is 0 Å². The van der Waals surface area contributed by atoms with Gasteiger partial charge in [-0.1, -0.05) is 35.3 Å². The van der Waals surface area contributed by atoms with Crippen molar-refractivity contribution >= 4 is 34.9 Å². The summed E-state index contributed by atoms with van der Waals surface area (Å²) in [4.78, 5) is 15.9. The molecule has 0 fully saturated rings. The van der Waals surface area contributed by atoms with Gasteiger partial charge in [0.1, 0.15) is 11.0 Å². The highest BCUT2D eigenvalue weighted by atomic mass is 35.5. The predicted octanol–water partition coefficient (Wildman–Crippen LogP) is 2.60. The van der Waals surface area contributed by atoms with Crippen LogP contribution in [0.5, 0.6) is 0 Å². The molecule has 20 heavy (non-hydrogen) atoms. The molecule has 1 amide bonds. The standard InChI is InChI=1S/C13H12Cl2N4O/c14-10-3-1-2-8(4-10)7-17-13(20)9-5-11(15)18-12(6-9)19-16/h1-6H,7,16H2,(H,17,20)(H,18,19). The van der Waals surface area contributed by atoms with Crippen molar-refractivity contribution in [2.24, 2.45) is 5.84 Å². The van der Waals surface area contributed by atoms with Crippen molar-refractivity contribution in [1.82, 2.24) is 10.3 Å². The number of nitrogens with two attached hydrogens (primary N) is 1. The van der Waals surface area contributed by atoms with Crippen molar-refractivity contribution in [3.05, 3.63) is 57.7 Å². The Balaban J connectivity index is 2.07. The number of hydrogen-bond acceptors (Lipinski definition) is 4. The number of hydrogen-bond donors (Lipinski definition) is 3. The molecule has 0 radical (unpaired) electrons. The van der Waals surface area contributed by atoms with Crippen LogP contribution in [0.25, 0.3) is 0 Å². The topological polar surface area (TPSA) is 80.0 Å². The first-order valence-electron chi connectivity index (χ1n) is 5.75. The summed E-state index contributed by atoms with van der Waals surface area (Å²) in [6.45, 7) is 0.366. The van der Waals surface area contributed by atoms with Gasteiger partial charge in [0.15, 0.2) is 0 Å². The number of aromatic nitrogens is 1. The van der Waals surface area contributed by atoms with Gasteiger partial charge in [-0.2, -0.15) is 0 Å². The Morgan fingerprint density at radius 2 is 2.05 bits per heavy atom. The lowest BCUT2D eigenvalue weighted by Gasteiger charge is -2.07. The number of nitrogen functional groups attached to an aromatic ring is 1. The minimum atomic E-state index is -0.272. The quantitative estimate of drug-likeness (QED) is 0.461. The van der Waals surface area contributed by atoms with E-state index in [1.165, 1.54) is 12.1 Å². The van der Waals surface area contributed by atoms with Crippen LogP contribution in [0.15, 0.2) is 36.4 Å². The maximum Gasteiger partial charge on any atom is 0.251 e. The van der Waals surface area contributed by atoms with Gasteiger partial charge in [0.2, 0.25) is 0 Å². The van der Waals surface area contributed by atoms with E-state index in [0.717, 1.165) is 5.56 Å². The van der Waals surface area contributed by atoms with E-state index in [1.54, 1.807) is 12.1 Å². The normalized spacial score (nSPS) is 10.2. The number of rotatable bonds is 4. The number of pyridine rings is 1. The van der Waals surface area contributed by atoms with Crippen molar-refractivity contribution in [2.45, 2.75) is 6.54 Å². The molecule has 0 aliphatic heterocycles. The van der Waals surface area contributed by atoms with Gasteiger partial charge >= 0.3 is 0 Å². The van der Waals surface area contributed by atoms with Crippen LogP contribution < -0.4 is 16.6 Å². The molecule has 1 heterocycles. The zero-order valence-corrected chi connectivity index (χ0v) is 11.9. The number of nitrogens with zero attached hydrogens (tertiary/aromatic N) is 1. The summed E-state index contributed by atoms with van der Waals surface area (Å²) in [6.07, 6.45) is 0. The van der Waals surface area contributed by atoms with Crippen molar-refractivity contribution in [1.29, 1.82) is 0 Å². The number of anilines is 1. The molecule has 4 N–H and O–H groups in total. The fourth-order valence-corrected chi connectivity index (χ4v) is 2.05. The summed E-state index contributed by atoms with van der Waals surface area (Å²) in [6, 6.07) is 10.2. The third-order valence-corrected chi connectivity index (χ3v) is 2.97. The minimum absolute atomic E-state index is 0.188. The molecule has 0 aliphatic rings. The molecule has 2 rings (SSSR count). The van der Waals surface area contributed by atoms with Crippen molar-refractivity contribution in [2.75, 3.05) is 5.43 Å². The molecule has 0 unspecified atom stereocenters. The maximum absolute atomic E-state index is 12.0. The number of hydrazine groups is 1. The Morgan fingerprint density at radius 3 is 2.75 bits per heavy atom. The number of carbonyl (C=O) groups is 1. The second-order valence-electron chi connectivity index (χ2n) is 4.02. The molecule has 0 atom stereocenters. The van der Waals surface area contributed by atoms with Gasteiger partial charge in [0, 0.05) is 17.1 Å². The third kappa shape index (κ3) is 3.84. The van der Waals surface area contributed by atoms with E-state index >= 15 is 0 Å². The Labute approximate surface area is 126 Å². The highest BCUT2D eigenvalue weighted by molar-refractivity contribution is 6.30. The number of amides is 1. The molecule has 0 spiro atoms. The van der Waals surface area contributed by atoms with E-state index < -0.39 is 0 Å². The molecule has 0 saturated heterocycles. The number of carbonyl (C=O) groups excluding carboxylic acids is 1. The first-order valence-corrected chi connectivity index (χ1v) is 6.51. The van der Waals surface area contributed by atoms with Crippen molar-refractivity contribution in [3.8, 4) is 0 Å². The molecule has 2 aromatic rings. The summed E-state index contributed by atoms with van der Waals surface area (Å²) < 4.78 is 0. The summed E-state index contributed by atoms with van der Waals surface area (Å²) >= 11 is 11.7. The Bertz CT molecular complexity index is 634. The average Bonchev–Trinajstić information content (AvgIpc) is 2.44. The molecular formula is C13H12Cl2N4O. The first-order chi connectivity index (χ1) is 9.58. The van der Waals surface area contributed by atoms with Crippen LogP contribution in [0.3, 0.4) is 0 Å². The molecule has 1 aromatic heterocycles. The maximum atomic E-state index is 12.0. The van der Waals surface area contributed by atoms with E-state index in [-0.39, 0.29) is 11.1 Å². The van der Waals surface area contributed by atoms with E-state index in [9.17, 15) is 4.79 Å². The zero-order chi connectivity index (χ0) is 14.5. The smallest absolute Gasteiger partial charge is 0.251 e. The molecule has 0 aliphatic carbocycles. The Hall–Kier alpha value is -1.82. The molecule has 104 valence electrons. The molecule has 0 saturated carbocycles. The van der Waals surface area contributed by atoms with Crippen LogP contribution >= 0.6 is 23.2 Å². The fourth-order valence-electron chi connectivity index (χ4n) is 1.63. The molecule has 0 bridgehead atoms. The molecule has 7 heteroatoms. The third-order valence-electron chi connectivity index (χ3n) is 2.55. The van der Waals surface area contributed by atoms with Gasteiger partial charge < -0.3 is 10.7 Å². The van der Waals surface area contributed by atoms with Gasteiger partial charge in [-0.3, -0.25) is 4.79 Å². The highest BCUT2D eigenvalue weighted by Gasteiger charge is 2.09. The molecule has 5 nitrogen and oxygen atoms in total. The van der Waals surface area contributed by atoms with E-state index in [2.05, 4.69) is 15.7 Å². The SMILES string of the molecule is NNc1cc(C(=O)NCc2cccc(Cl)c2)cc(Cl)n1. The van der Waals surface area contributed by atoms with E-state index in [1.807, 2.05) is 12.1 Å². The van der Waals surface area contributed by atoms with Crippen molar-refractivity contribution in [3.63, 3.8) is 0 Å². The van der Waals surface area contributed by atoms with E-state index in [0.29, 0.717) is 22.9 Å². The lowest BCUT2D eigenvalue weighted by Crippen LogP contribution is -2.23. The first kappa shape index (κ1) is 14.6. The minimum Gasteiger partial charge on any atom is -0.348 e. The summed E-state index contributed by atoms with van der Waals surface area (Å²) in [7, 11) is 0. The number of halogens is 2. The van der Waals surface area contributed by atoms with Crippen LogP contribution in [0, 0.1) is 0 Å². The second kappa shape index (κ2) is 6.56. The van der Waals surface area contributed by atoms with Crippen LogP contribution in [0.2, 0.25) is 10.2 Å². The summed E-state index contributed by atoms with van der Waals surface area (Å²) in [5, 5.41) is 3.58. The number of benzene rings is 1. The van der Waals surface area contributed by atoms with Crippen molar-refractivity contribution < 1.29 is 4.79 Å².